The van der Waals surface area contributed by atoms with Crippen molar-refractivity contribution in [2.75, 3.05) is 38.2 Å². The fourth-order valence-electron chi connectivity index (χ4n) is 4.20. The number of nitrogens with one attached hydrogen (secondary N) is 1. The van der Waals surface area contributed by atoms with Gasteiger partial charge in [-0.2, -0.15) is 0 Å². The van der Waals surface area contributed by atoms with Crippen molar-refractivity contribution in [2.45, 2.75) is 32.1 Å². The van der Waals surface area contributed by atoms with Gasteiger partial charge in [-0.3, -0.25) is 9.69 Å². The first-order valence-corrected chi connectivity index (χ1v) is 11.0. The molecule has 5 rings (SSSR count). The van der Waals surface area contributed by atoms with Crippen LogP contribution in [0.2, 0.25) is 0 Å². The molecular weight excluding hydrogens is 370 g/mol. The third-order valence-corrected chi connectivity index (χ3v) is 6.92. The summed E-state index contributed by atoms with van der Waals surface area (Å²) in [5.74, 6) is -0.0199. The molecule has 2 aliphatic heterocycles. The number of aryl methyl sites for hydroxylation is 2. The number of carbonyl (C=O) groups is 1. The molecule has 0 radical (unpaired) electrons. The molecule has 1 fully saturated rings. The zero-order valence-corrected chi connectivity index (χ0v) is 16.8. The van der Waals surface area contributed by atoms with Crippen molar-refractivity contribution in [2.24, 2.45) is 0 Å². The minimum Gasteiger partial charge on any atom is -0.379 e. The lowest BCUT2D eigenvalue weighted by Gasteiger charge is -2.26. The average Bonchev–Trinajstić information content (AvgIpc) is 3.27. The lowest BCUT2D eigenvalue weighted by Crippen LogP contribution is -2.37. The Morgan fingerprint density at radius 1 is 1.21 bits per heavy atom. The highest BCUT2D eigenvalue weighted by molar-refractivity contribution is 7.12. The number of nitrogens with zero attached hydrogens (tertiary/aromatic N) is 2. The van der Waals surface area contributed by atoms with E-state index in [1.165, 1.54) is 29.0 Å². The Balaban J connectivity index is 1.37. The molecule has 0 bridgehead atoms. The van der Waals surface area contributed by atoms with E-state index in [9.17, 15) is 4.79 Å². The van der Waals surface area contributed by atoms with E-state index in [2.05, 4.69) is 22.3 Å². The lowest BCUT2D eigenvalue weighted by molar-refractivity contribution is -0.110. The summed E-state index contributed by atoms with van der Waals surface area (Å²) in [5.41, 5.74) is 5.17. The van der Waals surface area contributed by atoms with Gasteiger partial charge in [0.1, 0.15) is 5.01 Å². The van der Waals surface area contributed by atoms with E-state index in [1.807, 2.05) is 12.1 Å². The van der Waals surface area contributed by atoms with Crippen LogP contribution in [0.3, 0.4) is 0 Å². The third kappa shape index (κ3) is 3.64. The van der Waals surface area contributed by atoms with E-state index in [1.54, 1.807) is 11.3 Å². The number of fused-ring (bicyclic) bond motifs is 2. The van der Waals surface area contributed by atoms with Crippen molar-refractivity contribution in [1.29, 1.82) is 0 Å². The first-order chi connectivity index (χ1) is 13.8. The number of ether oxygens (including phenoxy) is 1. The highest BCUT2D eigenvalue weighted by atomic mass is 32.1. The summed E-state index contributed by atoms with van der Waals surface area (Å²) in [4.78, 5) is 21.2. The second-order valence-corrected chi connectivity index (χ2v) is 8.84. The topological polar surface area (TPSA) is 54.5 Å². The lowest BCUT2D eigenvalue weighted by atomic mass is 10.0. The van der Waals surface area contributed by atoms with E-state index in [0.29, 0.717) is 0 Å². The van der Waals surface area contributed by atoms with Gasteiger partial charge in [-0.1, -0.05) is 6.07 Å². The standard InChI is InChI=1S/C22H25N3O2S/c26-22-17(14-21-23-19-3-1-2-4-20(19)28-21)16-13-15(5-6-18(16)24-22)7-8-25-9-11-27-12-10-25/h5-6,13-14H,1-4,7-12H2,(H,24,26). The zero-order valence-electron chi connectivity index (χ0n) is 16.0. The van der Waals surface area contributed by atoms with E-state index in [4.69, 9.17) is 9.72 Å². The highest BCUT2D eigenvalue weighted by Gasteiger charge is 2.25. The van der Waals surface area contributed by atoms with Crippen molar-refractivity contribution < 1.29 is 9.53 Å². The van der Waals surface area contributed by atoms with Crippen LogP contribution in [0.15, 0.2) is 18.2 Å². The van der Waals surface area contributed by atoms with Gasteiger partial charge in [0.25, 0.3) is 5.91 Å². The van der Waals surface area contributed by atoms with E-state index >= 15 is 0 Å². The molecular formula is C22H25N3O2S. The molecule has 1 N–H and O–H groups in total. The summed E-state index contributed by atoms with van der Waals surface area (Å²) >= 11 is 1.75. The monoisotopic (exact) mass is 395 g/mol. The summed E-state index contributed by atoms with van der Waals surface area (Å²) in [5, 5.41) is 3.97. The second kappa shape index (κ2) is 7.78. The van der Waals surface area contributed by atoms with Gasteiger partial charge in [-0.25, -0.2) is 4.98 Å². The Morgan fingerprint density at radius 3 is 2.93 bits per heavy atom. The van der Waals surface area contributed by atoms with Crippen LogP contribution in [0.5, 0.6) is 0 Å². The molecule has 1 aromatic carbocycles. The van der Waals surface area contributed by atoms with Crippen LogP contribution in [0, 0.1) is 0 Å². The van der Waals surface area contributed by atoms with Crippen molar-refractivity contribution in [1.82, 2.24) is 9.88 Å². The van der Waals surface area contributed by atoms with Gasteiger partial charge in [-0.05, 0) is 55.9 Å². The van der Waals surface area contributed by atoms with Crippen molar-refractivity contribution in [3.8, 4) is 0 Å². The molecule has 146 valence electrons. The molecule has 2 aromatic rings. The summed E-state index contributed by atoms with van der Waals surface area (Å²) in [7, 11) is 0. The van der Waals surface area contributed by atoms with Gasteiger partial charge in [0.05, 0.1) is 24.5 Å². The van der Waals surface area contributed by atoms with Crippen LogP contribution in [-0.2, 0) is 28.8 Å². The van der Waals surface area contributed by atoms with E-state index < -0.39 is 0 Å². The summed E-state index contributed by atoms with van der Waals surface area (Å²) < 4.78 is 5.43. The number of thiazole rings is 1. The van der Waals surface area contributed by atoms with Gasteiger partial charge in [0.2, 0.25) is 0 Å². The normalized spacial score (nSPS) is 20.9. The van der Waals surface area contributed by atoms with Gasteiger partial charge in [-0.15, -0.1) is 11.3 Å². The fourth-order valence-corrected chi connectivity index (χ4v) is 5.30. The average molecular weight is 396 g/mol. The Bertz CT molecular complexity index is 904. The molecule has 6 heteroatoms. The molecule has 0 atom stereocenters. The number of amides is 1. The molecule has 5 nitrogen and oxygen atoms in total. The smallest absolute Gasteiger partial charge is 0.256 e. The second-order valence-electron chi connectivity index (χ2n) is 7.73. The van der Waals surface area contributed by atoms with Crippen LogP contribution >= 0.6 is 11.3 Å². The molecule has 28 heavy (non-hydrogen) atoms. The Kier molecular flexibility index (Phi) is 5.01. The summed E-state index contributed by atoms with van der Waals surface area (Å²) in [6.07, 6.45) is 7.65. The van der Waals surface area contributed by atoms with Crippen LogP contribution in [0.25, 0.3) is 11.6 Å². The molecule has 0 saturated carbocycles. The van der Waals surface area contributed by atoms with Crippen LogP contribution in [0.1, 0.15) is 39.5 Å². The van der Waals surface area contributed by atoms with Gasteiger partial charge in [0.15, 0.2) is 0 Å². The maximum absolute atomic E-state index is 12.6. The molecule has 1 saturated heterocycles. The predicted octanol–water partition coefficient (Wildman–Crippen LogP) is 3.39. The number of rotatable bonds is 4. The Morgan fingerprint density at radius 2 is 2.07 bits per heavy atom. The number of benzene rings is 1. The predicted molar refractivity (Wildman–Crippen MR) is 113 cm³/mol. The fraction of sp³-hybridized carbons (Fsp3) is 0.455. The maximum Gasteiger partial charge on any atom is 0.256 e. The molecule has 0 spiro atoms. The minimum atomic E-state index is -0.0199. The number of carbonyl (C=O) groups excluding carboxylic acids is 1. The molecule has 3 heterocycles. The number of hydrogen-bond donors (Lipinski definition) is 1. The summed E-state index contributed by atoms with van der Waals surface area (Å²) in [6, 6.07) is 6.34. The molecule has 1 aliphatic carbocycles. The highest BCUT2D eigenvalue weighted by Crippen LogP contribution is 2.35. The maximum atomic E-state index is 12.6. The van der Waals surface area contributed by atoms with Crippen LogP contribution in [0.4, 0.5) is 5.69 Å². The van der Waals surface area contributed by atoms with Gasteiger partial charge in [0, 0.05) is 35.8 Å². The first kappa shape index (κ1) is 18.0. The molecule has 1 amide bonds. The first-order valence-electron chi connectivity index (χ1n) is 10.2. The van der Waals surface area contributed by atoms with Crippen LogP contribution < -0.4 is 5.32 Å². The number of hydrogen-bond acceptors (Lipinski definition) is 5. The SMILES string of the molecule is O=C1Nc2ccc(CCN3CCOCC3)cc2C1=Cc1nc2c(s1)CCCC2. The quantitative estimate of drug-likeness (QED) is 0.807. The molecule has 1 aromatic heterocycles. The van der Waals surface area contributed by atoms with Crippen LogP contribution in [-0.4, -0.2) is 48.6 Å². The van der Waals surface area contributed by atoms with Crippen molar-refractivity contribution in [3.63, 3.8) is 0 Å². The van der Waals surface area contributed by atoms with Crippen molar-refractivity contribution in [3.05, 3.63) is 44.9 Å². The zero-order chi connectivity index (χ0) is 18.9. The number of anilines is 1. The Labute approximate surface area is 169 Å². The molecule has 3 aliphatic rings. The van der Waals surface area contributed by atoms with Gasteiger partial charge >= 0.3 is 0 Å². The largest absolute Gasteiger partial charge is 0.379 e. The number of aromatic nitrogens is 1. The number of morpholine rings is 1. The van der Waals surface area contributed by atoms with Crippen molar-refractivity contribution >= 4 is 34.6 Å². The van der Waals surface area contributed by atoms with E-state index in [0.717, 1.165) is 73.9 Å². The molecule has 0 unspecified atom stereocenters. The Hall–Kier alpha value is -2.02. The van der Waals surface area contributed by atoms with Gasteiger partial charge < -0.3 is 10.1 Å². The van der Waals surface area contributed by atoms with E-state index in [-0.39, 0.29) is 5.91 Å². The minimum absolute atomic E-state index is 0.0199. The third-order valence-electron chi connectivity index (χ3n) is 5.82. The summed E-state index contributed by atoms with van der Waals surface area (Å²) in [6.45, 7) is 4.69.